The van der Waals surface area contributed by atoms with E-state index >= 15 is 0 Å². The summed E-state index contributed by atoms with van der Waals surface area (Å²) in [4.78, 5) is 0. The van der Waals surface area contributed by atoms with E-state index in [1.807, 2.05) is 12.1 Å². The first-order valence-corrected chi connectivity index (χ1v) is 7.84. The minimum absolute atomic E-state index is 0.622. The van der Waals surface area contributed by atoms with Crippen LogP contribution >= 0.6 is 15.9 Å². The molecule has 0 fully saturated rings. The quantitative estimate of drug-likeness (QED) is 0.909. The van der Waals surface area contributed by atoms with Gasteiger partial charge in [-0.2, -0.15) is 0 Å². The fourth-order valence-corrected chi connectivity index (χ4v) is 3.15. The maximum absolute atomic E-state index is 6.07. The molecule has 0 amide bonds. The lowest BCUT2D eigenvalue weighted by Crippen LogP contribution is -2.04. The highest BCUT2D eigenvalue weighted by atomic mass is 79.9. The molecule has 2 aromatic rings. The molecule has 2 N–H and O–H groups in total. The van der Waals surface area contributed by atoms with Crippen LogP contribution in [0.5, 0.6) is 11.5 Å². The minimum atomic E-state index is 0.622. The van der Waals surface area contributed by atoms with Crippen LogP contribution in [0, 0.1) is 0 Å². The van der Waals surface area contributed by atoms with E-state index in [1.165, 1.54) is 30.4 Å². The van der Waals surface area contributed by atoms with Gasteiger partial charge >= 0.3 is 0 Å². The van der Waals surface area contributed by atoms with E-state index in [2.05, 4.69) is 40.2 Å². The van der Waals surface area contributed by atoms with Crippen molar-refractivity contribution in [3.8, 4) is 11.5 Å². The van der Waals surface area contributed by atoms with E-state index in [4.69, 9.17) is 10.5 Å². The van der Waals surface area contributed by atoms with Crippen LogP contribution in [0.2, 0.25) is 0 Å². The van der Waals surface area contributed by atoms with Crippen molar-refractivity contribution in [2.24, 2.45) is 5.73 Å². The third-order valence-corrected chi connectivity index (χ3v) is 4.23. The molecule has 0 aliphatic heterocycles. The van der Waals surface area contributed by atoms with E-state index in [0.717, 1.165) is 28.0 Å². The van der Waals surface area contributed by atoms with Crippen LogP contribution in [0.1, 0.15) is 23.1 Å². The summed E-state index contributed by atoms with van der Waals surface area (Å²) in [7, 11) is 0. The molecule has 0 saturated carbocycles. The first-order chi connectivity index (χ1) is 9.76. The minimum Gasteiger partial charge on any atom is -0.457 e. The van der Waals surface area contributed by atoms with Gasteiger partial charge in [0.05, 0.1) is 0 Å². The second kappa shape index (κ2) is 5.98. The van der Waals surface area contributed by atoms with E-state index in [-0.39, 0.29) is 0 Å². The third-order valence-electron chi connectivity index (χ3n) is 3.73. The number of halogens is 1. The first-order valence-electron chi connectivity index (χ1n) is 7.04. The van der Waals surface area contributed by atoms with Gasteiger partial charge in [-0.25, -0.2) is 0 Å². The predicted molar refractivity (Wildman–Crippen MR) is 85.4 cm³/mol. The zero-order valence-corrected chi connectivity index (χ0v) is 12.9. The third kappa shape index (κ3) is 2.89. The smallest absolute Gasteiger partial charge is 0.130 e. The number of nitrogens with two attached hydrogens (primary N) is 1. The monoisotopic (exact) mass is 331 g/mol. The van der Waals surface area contributed by atoms with Gasteiger partial charge in [-0.3, -0.25) is 0 Å². The molecule has 2 nitrogen and oxygen atoms in total. The lowest BCUT2D eigenvalue weighted by molar-refractivity contribution is 0.475. The molecular weight excluding hydrogens is 314 g/mol. The summed E-state index contributed by atoms with van der Waals surface area (Å²) in [5.41, 5.74) is 9.72. The Hall–Kier alpha value is -1.32. The second-order valence-corrected chi connectivity index (χ2v) is 6.09. The Morgan fingerprint density at radius 3 is 2.75 bits per heavy atom. The van der Waals surface area contributed by atoms with E-state index in [0.29, 0.717) is 6.54 Å². The number of benzene rings is 2. The molecule has 0 spiro atoms. The molecule has 0 atom stereocenters. The van der Waals surface area contributed by atoms with Crippen molar-refractivity contribution in [3.05, 3.63) is 57.6 Å². The molecule has 1 aliphatic carbocycles. The summed E-state index contributed by atoms with van der Waals surface area (Å²) in [5.74, 6) is 1.82. The highest BCUT2D eigenvalue weighted by molar-refractivity contribution is 9.10. The maximum atomic E-state index is 6.07. The lowest BCUT2D eigenvalue weighted by Gasteiger charge is -2.12. The zero-order valence-electron chi connectivity index (χ0n) is 11.4. The molecule has 1 aliphatic rings. The van der Waals surface area contributed by atoms with Crippen molar-refractivity contribution in [1.82, 2.24) is 0 Å². The Balaban J connectivity index is 1.87. The Morgan fingerprint density at radius 2 is 1.90 bits per heavy atom. The molecule has 0 unspecified atom stereocenters. The molecule has 20 heavy (non-hydrogen) atoms. The molecule has 0 heterocycles. The average molecular weight is 332 g/mol. The van der Waals surface area contributed by atoms with Crippen molar-refractivity contribution >= 4 is 15.9 Å². The number of hydrogen-bond acceptors (Lipinski definition) is 2. The summed E-state index contributed by atoms with van der Waals surface area (Å²) >= 11 is 3.50. The molecule has 0 saturated heterocycles. The van der Waals surface area contributed by atoms with Crippen LogP contribution in [0.4, 0.5) is 0 Å². The second-order valence-electron chi connectivity index (χ2n) is 5.18. The molecular formula is C17H18BrNO. The lowest BCUT2D eigenvalue weighted by atomic mass is 10.1. The van der Waals surface area contributed by atoms with Crippen molar-refractivity contribution in [2.45, 2.75) is 25.7 Å². The van der Waals surface area contributed by atoms with Gasteiger partial charge in [-0.05, 0) is 79.3 Å². The standard InChI is InChI=1S/C17H18BrNO/c18-15-5-7-17(14(10-15)8-9-19)20-16-6-4-12-2-1-3-13(12)11-16/h4-7,10-11H,1-3,8-9,19H2. The summed E-state index contributed by atoms with van der Waals surface area (Å²) < 4.78 is 7.12. The summed E-state index contributed by atoms with van der Waals surface area (Å²) in [5, 5.41) is 0. The summed E-state index contributed by atoms with van der Waals surface area (Å²) in [6.45, 7) is 0.622. The molecule has 0 radical (unpaired) electrons. The van der Waals surface area contributed by atoms with Gasteiger partial charge in [-0.15, -0.1) is 0 Å². The van der Waals surface area contributed by atoms with Gasteiger partial charge in [-0.1, -0.05) is 22.0 Å². The Kier molecular flexibility index (Phi) is 4.08. The first kappa shape index (κ1) is 13.7. The molecule has 3 heteroatoms. The summed E-state index contributed by atoms with van der Waals surface area (Å²) in [6.07, 6.45) is 4.45. The van der Waals surface area contributed by atoms with E-state index < -0.39 is 0 Å². The van der Waals surface area contributed by atoms with Crippen molar-refractivity contribution < 1.29 is 4.74 Å². The average Bonchev–Trinajstić information content (AvgIpc) is 2.89. The van der Waals surface area contributed by atoms with Crippen LogP contribution in [-0.2, 0) is 19.3 Å². The van der Waals surface area contributed by atoms with Crippen LogP contribution in [0.25, 0.3) is 0 Å². The highest BCUT2D eigenvalue weighted by Gasteiger charge is 2.12. The maximum Gasteiger partial charge on any atom is 0.130 e. The number of aryl methyl sites for hydroxylation is 2. The number of fused-ring (bicyclic) bond motifs is 1. The van der Waals surface area contributed by atoms with Crippen LogP contribution in [0.3, 0.4) is 0 Å². The van der Waals surface area contributed by atoms with Gasteiger partial charge < -0.3 is 10.5 Å². The van der Waals surface area contributed by atoms with Crippen molar-refractivity contribution in [3.63, 3.8) is 0 Å². The fourth-order valence-electron chi connectivity index (χ4n) is 2.74. The molecule has 0 bridgehead atoms. The van der Waals surface area contributed by atoms with Gasteiger partial charge in [0.2, 0.25) is 0 Å². The Labute approximate surface area is 128 Å². The molecule has 2 aromatic carbocycles. The zero-order chi connectivity index (χ0) is 13.9. The highest BCUT2D eigenvalue weighted by Crippen LogP contribution is 2.31. The number of rotatable bonds is 4. The summed E-state index contributed by atoms with van der Waals surface area (Å²) in [6, 6.07) is 12.5. The fraction of sp³-hybridized carbons (Fsp3) is 0.294. The topological polar surface area (TPSA) is 35.2 Å². The van der Waals surface area contributed by atoms with Gasteiger partial charge in [0, 0.05) is 4.47 Å². The van der Waals surface area contributed by atoms with Crippen molar-refractivity contribution in [2.75, 3.05) is 6.54 Å². The molecule has 3 rings (SSSR count). The van der Waals surface area contributed by atoms with Crippen LogP contribution in [0.15, 0.2) is 40.9 Å². The number of hydrogen-bond donors (Lipinski definition) is 1. The van der Waals surface area contributed by atoms with E-state index in [1.54, 1.807) is 0 Å². The van der Waals surface area contributed by atoms with E-state index in [9.17, 15) is 0 Å². The molecule has 104 valence electrons. The SMILES string of the molecule is NCCc1cc(Br)ccc1Oc1ccc2c(c1)CCC2. The van der Waals surface area contributed by atoms with Crippen LogP contribution < -0.4 is 10.5 Å². The predicted octanol–water partition coefficient (Wildman–Crippen LogP) is 4.23. The Bertz CT molecular complexity index is 624. The normalized spacial score (nSPS) is 13.3. The molecule has 0 aromatic heterocycles. The van der Waals surface area contributed by atoms with Gasteiger partial charge in [0.15, 0.2) is 0 Å². The largest absolute Gasteiger partial charge is 0.457 e. The Morgan fingerprint density at radius 1 is 1.05 bits per heavy atom. The van der Waals surface area contributed by atoms with Crippen LogP contribution in [-0.4, -0.2) is 6.54 Å². The number of ether oxygens (including phenoxy) is 1. The van der Waals surface area contributed by atoms with Gasteiger partial charge in [0.1, 0.15) is 11.5 Å². The van der Waals surface area contributed by atoms with Crippen molar-refractivity contribution in [1.29, 1.82) is 0 Å². The van der Waals surface area contributed by atoms with Gasteiger partial charge in [0.25, 0.3) is 0 Å².